The summed E-state index contributed by atoms with van der Waals surface area (Å²) in [7, 11) is 0. The van der Waals surface area contributed by atoms with Crippen LogP contribution in [0.4, 0.5) is 10.1 Å². The Morgan fingerprint density at radius 3 is 2.60 bits per heavy atom. The third-order valence-electron chi connectivity index (χ3n) is 3.05. The second-order valence-electron chi connectivity index (χ2n) is 4.96. The maximum atomic E-state index is 13.5. The number of amides is 1. The lowest BCUT2D eigenvalue weighted by molar-refractivity contribution is -0.155. The van der Waals surface area contributed by atoms with Crippen LogP contribution in [0.5, 0.6) is 5.75 Å². The summed E-state index contributed by atoms with van der Waals surface area (Å²) < 4.78 is 23.6. The molecule has 0 spiro atoms. The summed E-state index contributed by atoms with van der Waals surface area (Å²) in [6.45, 7) is 0.919. The van der Waals surface area contributed by atoms with Crippen molar-refractivity contribution in [2.24, 2.45) is 0 Å². The molecule has 0 saturated heterocycles. The molecule has 1 amide bonds. The molecular formula is C17H14Cl2FNO4. The first kappa shape index (κ1) is 19.0. The summed E-state index contributed by atoms with van der Waals surface area (Å²) in [5.74, 6) is -1.77. The standard InChI is InChI=1S/C17H14Cl2FNO4/c1-10(17(23)21-14-5-3-2-4-13(14)20)25-16(22)9-24-15-7-6-11(18)8-12(15)19/h2-8,10H,9H2,1H3,(H,21,23)/t10-/m0/s1. The van der Waals surface area contributed by atoms with Crippen LogP contribution in [0.3, 0.4) is 0 Å². The molecule has 0 aliphatic carbocycles. The van der Waals surface area contributed by atoms with Gasteiger partial charge in [-0.1, -0.05) is 35.3 Å². The van der Waals surface area contributed by atoms with Crippen LogP contribution < -0.4 is 10.1 Å². The van der Waals surface area contributed by atoms with Gasteiger partial charge >= 0.3 is 5.97 Å². The number of halogens is 3. The average Bonchev–Trinajstić information content (AvgIpc) is 2.56. The summed E-state index contributed by atoms with van der Waals surface area (Å²) >= 11 is 11.7. The first-order valence-corrected chi connectivity index (χ1v) is 7.95. The van der Waals surface area contributed by atoms with Gasteiger partial charge in [0.05, 0.1) is 10.7 Å². The molecule has 0 radical (unpaired) electrons. The predicted molar refractivity (Wildman–Crippen MR) is 92.5 cm³/mol. The molecule has 2 aromatic carbocycles. The summed E-state index contributed by atoms with van der Waals surface area (Å²) in [6, 6.07) is 10.2. The Morgan fingerprint density at radius 1 is 1.20 bits per heavy atom. The highest BCUT2D eigenvalue weighted by Gasteiger charge is 2.19. The van der Waals surface area contributed by atoms with Crippen LogP contribution in [0.1, 0.15) is 6.92 Å². The topological polar surface area (TPSA) is 64.6 Å². The smallest absolute Gasteiger partial charge is 0.344 e. The van der Waals surface area contributed by atoms with Crippen molar-refractivity contribution in [3.05, 3.63) is 58.3 Å². The zero-order valence-electron chi connectivity index (χ0n) is 13.1. The Bertz CT molecular complexity index is 785. The van der Waals surface area contributed by atoms with Crippen molar-refractivity contribution in [3.63, 3.8) is 0 Å². The summed E-state index contributed by atoms with van der Waals surface area (Å²) in [6.07, 6.45) is -1.13. The number of para-hydroxylation sites is 1. The summed E-state index contributed by atoms with van der Waals surface area (Å²) in [5, 5.41) is 3.01. The van der Waals surface area contributed by atoms with Crippen molar-refractivity contribution >= 4 is 40.8 Å². The van der Waals surface area contributed by atoms with Crippen molar-refractivity contribution in [2.75, 3.05) is 11.9 Å². The number of hydrogen-bond donors (Lipinski definition) is 1. The van der Waals surface area contributed by atoms with Crippen molar-refractivity contribution in [2.45, 2.75) is 13.0 Å². The average molecular weight is 386 g/mol. The molecule has 0 aliphatic heterocycles. The molecule has 2 aromatic rings. The van der Waals surface area contributed by atoms with Crippen LogP contribution >= 0.6 is 23.2 Å². The van der Waals surface area contributed by atoms with E-state index < -0.39 is 30.4 Å². The zero-order chi connectivity index (χ0) is 18.4. The molecule has 2 rings (SSSR count). The first-order chi connectivity index (χ1) is 11.9. The molecule has 5 nitrogen and oxygen atoms in total. The molecule has 8 heteroatoms. The van der Waals surface area contributed by atoms with Crippen molar-refractivity contribution in [1.82, 2.24) is 0 Å². The Balaban J connectivity index is 1.85. The molecule has 0 aliphatic rings. The van der Waals surface area contributed by atoms with Gasteiger partial charge < -0.3 is 14.8 Å². The maximum Gasteiger partial charge on any atom is 0.344 e. The van der Waals surface area contributed by atoms with Crippen molar-refractivity contribution < 1.29 is 23.5 Å². The fraction of sp³-hybridized carbons (Fsp3) is 0.176. The van der Waals surface area contributed by atoms with Gasteiger partial charge in [0.15, 0.2) is 12.7 Å². The van der Waals surface area contributed by atoms with Gasteiger partial charge in [0.1, 0.15) is 11.6 Å². The Hall–Kier alpha value is -2.31. The fourth-order valence-corrected chi connectivity index (χ4v) is 2.27. The summed E-state index contributed by atoms with van der Waals surface area (Å²) in [5.41, 5.74) is -0.000375. The molecule has 25 heavy (non-hydrogen) atoms. The Morgan fingerprint density at radius 2 is 1.92 bits per heavy atom. The van der Waals surface area contributed by atoms with E-state index in [4.69, 9.17) is 32.7 Å². The minimum Gasteiger partial charge on any atom is -0.480 e. The highest BCUT2D eigenvalue weighted by atomic mass is 35.5. The van der Waals surface area contributed by atoms with Gasteiger partial charge in [0.25, 0.3) is 5.91 Å². The van der Waals surface area contributed by atoms with E-state index in [9.17, 15) is 14.0 Å². The van der Waals surface area contributed by atoms with Crippen LogP contribution in [0, 0.1) is 5.82 Å². The number of benzene rings is 2. The lowest BCUT2D eigenvalue weighted by atomic mass is 10.3. The van der Waals surface area contributed by atoms with Gasteiger partial charge in [0, 0.05) is 5.02 Å². The van der Waals surface area contributed by atoms with E-state index in [0.29, 0.717) is 5.02 Å². The van der Waals surface area contributed by atoms with E-state index in [1.807, 2.05) is 0 Å². The molecule has 0 heterocycles. The van der Waals surface area contributed by atoms with Crippen LogP contribution in [-0.2, 0) is 14.3 Å². The molecule has 0 aromatic heterocycles. The van der Waals surface area contributed by atoms with E-state index in [-0.39, 0.29) is 16.5 Å². The van der Waals surface area contributed by atoms with Crippen LogP contribution in [0.25, 0.3) is 0 Å². The van der Waals surface area contributed by atoms with Gasteiger partial charge in [-0.3, -0.25) is 4.79 Å². The second kappa shape index (κ2) is 8.69. The summed E-state index contributed by atoms with van der Waals surface area (Å²) in [4.78, 5) is 23.7. The van der Waals surface area contributed by atoms with Gasteiger partial charge in [-0.05, 0) is 37.3 Å². The molecule has 1 atom stereocenters. The predicted octanol–water partition coefficient (Wildman–Crippen LogP) is 4.08. The maximum absolute atomic E-state index is 13.5. The SMILES string of the molecule is C[C@H](OC(=O)COc1ccc(Cl)cc1Cl)C(=O)Nc1ccccc1F. The van der Waals surface area contributed by atoms with Crippen molar-refractivity contribution in [1.29, 1.82) is 0 Å². The minimum absolute atomic E-state index is 0.000375. The fourth-order valence-electron chi connectivity index (χ4n) is 1.81. The normalized spacial score (nSPS) is 11.5. The highest BCUT2D eigenvalue weighted by Crippen LogP contribution is 2.27. The lowest BCUT2D eigenvalue weighted by Gasteiger charge is -2.14. The lowest BCUT2D eigenvalue weighted by Crippen LogP contribution is -2.32. The third-order valence-corrected chi connectivity index (χ3v) is 3.58. The third kappa shape index (κ3) is 5.62. The molecule has 1 N–H and O–H groups in total. The Labute approximate surface area is 153 Å². The zero-order valence-corrected chi connectivity index (χ0v) is 14.6. The number of ether oxygens (including phenoxy) is 2. The number of carbonyl (C=O) groups is 2. The van der Waals surface area contributed by atoms with E-state index in [1.54, 1.807) is 12.1 Å². The molecular weight excluding hydrogens is 372 g/mol. The quantitative estimate of drug-likeness (QED) is 0.760. The van der Waals surface area contributed by atoms with Gasteiger partial charge in [-0.15, -0.1) is 0 Å². The first-order valence-electron chi connectivity index (χ1n) is 7.19. The van der Waals surface area contributed by atoms with Gasteiger partial charge in [0.2, 0.25) is 0 Å². The monoisotopic (exact) mass is 385 g/mol. The highest BCUT2D eigenvalue weighted by molar-refractivity contribution is 6.35. The van der Waals surface area contributed by atoms with Crippen LogP contribution in [-0.4, -0.2) is 24.6 Å². The second-order valence-corrected chi connectivity index (χ2v) is 5.81. The molecule has 0 saturated carbocycles. The molecule has 0 unspecified atom stereocenters. The van der Waals surface area contributed by atoms with E-state index >= 15 is 0 Å². The Kier molecular flexibility index (Phi) is 6.61. The van der Waals surface area contributed by atoms with E-state index in [1.165, 1.54) is 37.3 Å². The van der Waals surface area contributed by atoms with Gasteiger partial charge in [-0.2, -0.15) is 0 Å². The van der Waals surface area contributed by atoms with Crippen molar-refractivity contribution in [3.8, 4) is 5.75 Å². The largest absolute Gasteiger partial charge is 0.480 e. The number of hydrogen-bond acceptors (Lipinski definition) is 4. The number of carbonyl (C=O) groups excluding carboxylic acids is 2. The molecule has 132 valence electrons. The van der Waals surface area contributed by atoms with Gasteiger partial charge in [-0.25, -0.2) is 9.18 Å². The number of esters is 1. The van der Waals surface area contributed by atoms with Crippen LogP contribution in [0.15, 0.2) is 42.5 Å². The number of nitrogens with one attached hydrogen (secondary N) is 1. The van der Waals surface area contributed by atoms with Crippen LogP contribution in [0.2, 0.25) is 10.0 Å². The number of rotatable bonds is 6. The number of anilines is 1. The molecule has 0 fully saturated rings. The van der Waals surface area contributed by atoms with E-state index in [2.05, 4.69) is 5.32 Å². The molecule has 0 bridgehead atoms. The minimum atomic E-state index is -1.13. The van der Waals surface area contributed by atoms with E-state index in [0.717, 1.165) is 0 Å².